The monoisotopic (exact) mass is 384 g/mol. The quantitative estimate of drug-likeness (QED) is 0.792. The first-order valence-electron chi connectivity index (χ1n) is 9.65. The summed E-state index contributed by atoms with van der Waals surface area (Å²) in [6.07, 6.45) is 2.41. The van der Waals surface area contributed by atoms with Gasteiger partial charge in [-0.1, -0.05) is 35.5 Å². The first-order valence-corrected chi connectivity index (χ1v) is 9.65. The molecule has 150 valence electrons. The van der Waals surface area contributed by atoms with Crippen molar-refractivity contribution in [1.29, 1.82) is 0 Å². The Bertz CT molecular complexity index is 805. The maximum absolute atomic E-state index is 12.7. The highest BCUT2D eigenvalue weighted by molar-refractivity contribution is 5.76. The number of rotatable bonds is 7. The molecule has 0 bridgehead atoms. The Labute approximate surface area is 165 Å². The van der Waals surface area contributed by atoms with Crippen LogP contribution < -0.4 is 5.32 Å². The highest BCUT2D eigenvalue weighted by atomic mass is 16.5. The SMILES string of the molecule is CC(=O)NC[C@@H]1CC[C@H](CC(=O)N(C)Cc2cc(-c3ccccc3)no2)N1C. The molecule has 1 saturated heterocycles. The van der Waals surface area contributed by atoms with E-state index in [0.717, 1.165) is 24.1 Å². The van der Waals surface area contributed by atoms with Crippen LogP contribution in [0.2, 0.25) is 0 Å². The second-order valence-corrected chi connectivity index (χ2v) is 7.49. The predicted octanol–water partition coefficient (Wildman–Crippen LogP) is 2.29. The minimum atomic E-state index is -0.0189. The van der Waals surface area contributed by atoms with Gasteiger partial charge in [-0.25, -0.2) is 0 Å². The molecule has 2 aromatic rings. The van der Waals surface area contributed by atoms with E-state index in [0.29, 0.717) is 25.3 Å². The largest absolute Gasteiger partial charge is 0.359 e. The van der Waals surface area contributed by atoms with Crippen LogP contribution in [0.3, 0.4) is 0 Å². The lowest BCUT2D eigenvalue weighted by Gasteiger charge is -2.27. The van der Waals surface area contributed by atoms with E-state index in [1.54, 1.807) is 11.9 Å². The Balaban J connectivity index is 1.51. The van der Waals surface area contributed by atoms with E-state index in [4.69, 9.17) is 4.52 Å². The predicted molar refractivity (Wildman–Crippen MR) is 106 cm³/mol. The zero-order chi connectivity index (χ0) is 20.1. The summed E-state index contributed by atoms with van der Waals surface area (Å²) in [5, 5.41) is 6.97. The molecule has 0 saturated carbocycles. The molecule has 1 aliphatic rings. The Morgan fingerprint density at radius 1 is 1.25 bits per heavy atom. The van der Waals surface area contributed by atoms with Gasteiger partial charge in [0.05, 0.1) is 6.54 Å². The minimum absolute atomic E-state index is 0.0189. The Kier molecular flexibility index (Phi) is 6.46. The Morgan fingerprint density at radius 2 is 1.96 bits per heavy atom. The average Bonchev–Trinajstić information content (AvgIpc) is 3.28. The number of likely N-dealkylation sites (N-methyl/N-ethyl adjacent to an activating group) is 1. The number of nitrogens with zero attached hydrogens (tertiary/aromatic N) is 3. The lowest BCUT2D eigenvalue weighted by molar-refractivity contribution is -0.131. The summed E-state index contributed by atoms with van der Waals surface area (Å²) in [5.41, 5.74) is 1.76. The summed E-state index contributed by atoms with van der Waals surface area (Å²) in [5.74, 6) is 0.724. The van der Waals surface area contributed by atoms with Crippen molar-refractivity contribution < 1.29 is 14.1 Å². The number of nitrogens with one attached hydrogen (secondary N) is 1. The third kappa shape index (κ3) is 4.98. The van der Waals surface area contributed by atoms with Crippen molar-refractivity contribution >= 4 is 11.8 Å². The van der Waals surface area contributed by atoms with Crippen LogP contribution in [-0.4, -0.2) is 59.5 Å². The van der Waals surface area contributed by atoms with Crippen LogP contribution in [0.15, 0.2) is 40.9 Å². The van der Waals surface area contributed by atoms with Crippen LogP contribution in [0, 0.1) is 0 Å². The van der Waals surface area contributed by atoms with Gasteiger partial charge >= 0.3 is 0 Å². The molecule has 1 aliphatic heterocycles. The molecule has 1 aromatic carbocycles. The van der Waals surface area contributed by atoms with Gasteiger partial charge in [0.2, 0.25) is 11.8 Å². The fourth-order valence-corrected chi connectivity index (χ4v) is 3.66. The highest BCUT2D eigenvalue weighted by Crippen LogP contribution is 2.25. The van der Waals surface area contributed by atoms with Gasteiger partial charge in [-0.3, -0.25) is 14.5 Å². The van der Waals surface area contributed by atoms with Gasteiger partial charge in [0.25, 0.3) is 0 Å². The normalized spacial score (nSPS) is 19.5. The molecule has 1 aromatic heterocycles. The van der Waals surface area contributed by atoms with Gasteiger partial charge in [-0.2, -0.15) is 0 Å². The second-order valence-electron chi connectivity index (χ2n) is 7.49. The van der Waals surface area contributed by atoms with Crippen LogP contribution >= 0.6 is 0 Å². The minimum Gasteiger partial charge on any atom is -0.359 e. The van der Waals surface area contributed by atoms with Crippen molar-refractivity contribution in [3.8, 4) is 11.3 Å². The summed E-state index contributed by atoms with van der Waals surface area (Å²) >= 11 is 0. The number of hydrogen-bond acceptors (Lipinski definition) is 5. The van der Waals surface area contributed by atoms with E-state index in [2.05, 4.69) is 15.4 Å². The molecule has 0 radical (unpaired) electrons. The third-order valence-electron chi connectivity index (χ3n) is 5.43. The van der Waals surface area contributed by atoms with Crippen LogP contribution in [0.4, 0.5) is 0 Å². The number of carbonyl (C=O) groups excluding carboxylic acids is 2. The maximum Gasteiger partial charge on any atom is 0.224 e. The number of hydrogen-bond donors (Lipinski definition) is 1. The maximum atomic E-state index is 12.7. The Hall–Kier alpha value is -2.67. The van der Waals surface area contributed by atoms with E-state index in [1.807, 2.05) is 43.4 Å². The first-order chi connectivity index (χ1) is 13.4. The number of carbonyl (C=O) groups is 2. The molecule has 28 heavy (non-hydrogen) atoms. The fourth-order valence-electron chi connectivity index (χ4n) is 3.66. The van der Waals surface area contributed by atoms with Crippen LogP contribution in [0.1, 0.15) is 31.9 Å². The van der Waals surface area contributed by atoms with Gasteiger partial charge in [0.15, 0.2) is 5.76 Å². The molecular formula is C21H28N4O3. The van der Waals surface area contributed by atoms with Crippen molar-refractivity contribution in [1.82, 2.24) is 20.3 Å². The average molecular weight is 384 g/mol. The smallest absolute Gasteiger partial charge is 0.224 e. The van der Waals surface area contributed by atoms with E-state index in [9.17, 15) is 9.59 Å². The molecule has 1 N–H and O–H groups in total. The zero-order valence-electron chi connectivity index (χ0n) is 16.7. The molecular weight excluding hydrogens is 356 g/mol. The molecule has 2 atom stereocenters. The van der Waals surface area contributed by atoms with Gasteiger partial charge in [0, 0.05) is 50.7 Å². The standard InChI is InChI=1S/C21H28N4O3/c1-15(26)22-13-18-10-9-17(25(18)3)11-21(27)24(2)14-19-12-20(23-28-19)16-7-5-4-6-8-16/h4-8,12,17-18H,9-11,13-14H2,1-3H3,(H,22,26)/t17-,18+/m1/s1. The lowest BCUT2D eigenvalue weighted by atomic mass is 10.1. The van der Waals surface area contributed by atoms with Gasteiger partial charge in [-0.15, -0.1) is 0 Å². The van der Waals surface area contributed by atoms with E-state index in [-0.39, 0.29) is 23.9 Å². The molecule has 7 nitrogen and oxygen atoms in total. The molecule has 7 heteroatoms. The van der Waals surface area contributed by atoms with E-state index < -0.39 is 0 Å². The van der Waals surface area contributed by atoms with Crippen molar-refractivity contribution in [2.45, 2.75) is 44.8 Å². The molecule has 2 heterocycles. The summed E-state index contributed by atoms with van der Waals surface area (Å²) in [4.78, 5) is 27.7. The van der Waals surface area contributed by atoms with Crippen molar-refractivity contribution in [2.75, 3.05) is 20.6 Å². The molecule has 0 unspecified atom stereocenters. The summed E-state index contributed by atoms with van der Waals surface area (Å²) < 4.78 is 5.41. The lowest BCUT2D eigenvalue weighted by Crippen LogP contribution is -2.42. The summed E-state index contributed by atoms with van der Waals surface area (Å²) in [7, 11) is 3.82. The second kappa shape index (κ2) is 9.01. The van der Waals surface area contributed by atoms with Crippen molar-refractivity contribution in [3.63, 3.8) is 0 Å². The van der Waals surface area contributed by atoms with Crippen molar-refractivity contribution in [2.24, 2.45) is 0 Å². The Morgan fingerprint density at radius 3 is 2.68 bits per heavy atom. The van der Waals surface area contributed by atoms with E-state index >= 15 is 0 Å². The first kappa shape index (κ1) is 20.1. The topological polar surface area (TPSA) is 78.7 Å². The molecule has 0 aliphatic carbocycles. The van der Waals surface area contributed by atoms with Crippen molar-refractivity contribution in [3.05, 3.63) is 42.2 Å². The van der Waals surface area contributed by atoms with Crippen LogP contribution in [0.25, 0.3) is 11.3 Å². The molecule has 0 spiro atoms. The molecule has 1 fully saturated rings. The summed E-state index contributed by atoms with van der Waals surface area (Å²) in [6.45, 7) is 2.55. The van der Waals surface area contributed by atoms with Gasteiger partial charge in [0.1, 0.15) is 5.69 Å². The summed E-state index contributed by atoms with van der Waals surface area (Å²) in [6, 6.07) is 12.2. The fraction of sp³-hybridized carbons (Fsp3) is 0.476. The molecule has 3 rings (SSSR count). The third-order valence-corrected chi connectivity index (χ3v) is 5.43. The van der Waals surface area contributed by atoms with Gasteiger partial charge < -0.3 is 14.7 Å². The van der Waals surface area contributed by atoms with Crippen LogP contribution in [-0.2, 0) is 16.1 Å². The molecule has 2 amide bonds. The van der Waals surface area contributed by atoms with Gasteiger partial charge in [-0.05, 0) is 19.9 Å². The number of benzene rings is 1. The number of aromatic nitrogens is 1. The van der Waals surface area contributed by atoms with E-state index in [1.165, 1.54) is 6.92 Å². The zero-order valence-corrected chi connectivity index (χ0v) is 16.7. The number of likely N-dealkylation sites (tertiary alicyclic amines) is 1. The number of amides is 2. The highest BCUT2D eigenvalue weighted by Gasteiger charge is 2.32. The van der Waals surface area contributed by atoms with Crippen LogP contribution in [0.5, 0.6) is 0 Å².